The number of phenolic OH excluding ortho intramolecular Hbond substituents is 1. The third kappa shape index (κ3) is 3.21. The second kappa shape index (κ2) is 5.83. The predicted octanol–water partition coefficient (Wildman–Crippen LogP) is 3.55. The molecule has 0 bridgehead atoms. The summed E-state index contributed by atoms with van der Waals surface area (Å²) in [6, 6.07) is 4.64. The molecule has 104 valence electrons. The van der Waals surface area contributed by atoms with Gasteiger partial charge in [-0.25, -0.2) is 0 Å². The third-order valence-electron chi connectivity index (χ3n) is 3.96. The Hall–Kier alpha value is -1.22. The number of piperidine rings is 1. The molecule has 0 radical (unpaired) electrons. The van der Waals surface area contributed by atoms with Crippen LogP contribution < -0.4 is 0 Å². The molecule has 19 heavy (non-hydrogen) atoms. The molecule has 0 aromatic heterocycles. The molecule has 1 aromatic carbocycles. The fourth-order valence-corrected chi connectivity index (χ4v) is 2.79. The molecule has 1 fully saturated rings. The van der Waals surface area contributed by atoms with Crippen LogP contribution in [0.4, 0.5) is 0 Å². The minimum atomic E-state index is -0.101. The van der Waals surface area contributed by atoms with E-state index in [2.05, 4.69) is 13.8 Å². The smallest absolute Gasteiger partial charge is 0.257 e. The predicted molar refractivity (Wildman–Crippen MR) is 76.6 cm³/mol. The van der Waals surface area contributed by atoms with Crippen molar-refractivity contribution in [3.05, 3.63) is 28.8 Å². The van der Waals surface area contributed by atoms with Crippen LogP contribution in [0.1, 0.15) is 37.0 Å². The number of amides is 1. The van der Waals surface area contributed by atoms with Gasteiger partial charge in [0.25, 0.3) is 5.91 Å². The monoisotopic (exact) mass is 281 g/mol. The first-order chi connectivity index (χ1) is 8.99. The number of hydrogen-bond acceptors (Lipinski definition) is 2. The van der Waals surface area contributed by atoms with E-state index in [0.717, 1.165) is 25.9 Å². The highest BCUT2D eigenvalue weighted by Crippen LogP contribution is 2.28. The van der Waals surface area contributed by atoms with E-state index < -0.39 is 0 Å². The van der Waals surface area contributed by atoms with Crippen molar-refractivity contribution < 1.29 is 9.90 Å². The van der Waals surface area contributed by atoms with Crippen molar-refractivity contribution in [3.8, 4) is 5.75 Å². The number of phenols is 1. The molecule has 1 heterocycles. The van der Waals surface area contributed by atoms with Crippen molar-refractivity contribution in [3.63, 3.8) is 0 Å². The summed E-state index contributed by atoms with van der Waals surface area (Å²) in [5.74, 6) is 1.23. The highest BCUT2D eigenvalue weighted by Gasteiger charge is 2.26. The number of halogens is 1. The van der Waals surface area contributed by atoms with Crippen molar-refractivity contribution in [2.24, 2.45) is 11.8 Å². The van der Waals surface area contributed by atoms with Gasteiger partial charge in [0.05, 0.1) is 5.56 Å². The van der Waals surface area contributed by atoms with E-state index in [1.165, 1.54) is 6.07 Å². The molecule has 0 aliphatic carbocycles. The number of aromatic hydroxyl groups is 1. The summed E-state index contributed by atoms with van der Waals surface area (Å²) in [5, 5.41) is 10.2. The lowest BCUT2D eigenvalue weighted by Crippen LogP contribution is -2.39. The van der Waals surface area contributed by atoms with Gasteiger partial charge in [0.2, 0.25) is 0 Å². The lowest BCUT2D eigenvalue weighted by atomic mass is 9.86. The van der Waals surface area contributed by atoms with Gasteiger partial charge in [-0.3, -0.25) is 4.79 Å². The van der Waals surface area contributed by atoms with Crippen molar-refractivity contribution in [1.29, 1.82) is 0 Å². The SMILES string of the molecule is CC(C)C1CCN(C(=O)c2ccc(Cl)cc2O)CC1. The molecule has 1 aromatic rings. The number of nitrogens with zero attached hydrogens (tertiary/aromatic N) is 1. The van der Waals surface area contributed by atoms with Crippen LogP contribution in [0, 0.1) is 11.8 Å². The molecule has 1 aliphatic heterocycles. The van der Waals surface area contributed by atoms with Crippen molar-refractivity contribution in [2.45, 2.75) is 26.7 Å². The largest absolute Gasteiger partial charge is 0.507 e. The summed E-state index contributed by atoms with van der Waals surface area (Å²) < 4.78 is 0. The van der Waals surface area contributed by atoms with Crippen LogP contribution in [0.5, 0.6) is 5.75 Å². The normalized spacial score (nSPS) is 16.9. The van der Waals surface area contributed by atoms with Crippen LogP contribution in [0.25, 0.3) is 0 Å². The van der Waals surface area contributed by atoms with Crippen LogP contribution in [0.3, 0.4) is 0 Å². The number of carbonyl (C=O) groups is 1. The second-order valence-corrected chi connectivity index (χ2v) is 5.97. The summed E-state index contributed by atoms with van der Waals surface area (Å²) in [6.07, 6.45) is 2.08. The lowest BCUT2D eigenvalue weighted by Gasteiger charge is -2.34. The number of rotatable bonds is 2. The minimum absolute atomic E-state index is 0.0384. The van der Waals surface area contributed by atoms with Gasteiger partial charge < -0.3 is 10.0 Å². The average molecular weight is 282 g/mol. The zero-order valence-electron chi connectivity index (χ0n) is 11.4. The van der Waals surface area contributed by atoms with E-state index in [0.29, 0.717) is 22.4 Å². The third-order valence-corrected chi connectivity index (χ3v) is 4.19. The summed E-state index contributed by atoms with van der Waals surface area (Å²) >= 11 is 5.78. The minimum Gasteiger partial charge on any atom is -0.507 e. The van der Waals surface area contributed by atoms with E-state index in [-0.39, 0.29) is 11.7 Å². The lowest BCUT2D eigenvalue weighted by molar-refractivity contribution is 0.0665. The van der Waals surface area contributed by atoms with Crippen LogP contribution in [-0.2, 0) is 0 Å². The standard InChI is InChI=1S/C15H20ClNO2/c1-10(2)11-5-7-17(8-6-11)15(19)13-4-3-12(16)9-14(13)18/h3-4,9-11,18H,5-8H2,1-2H3. The first kappa shape index (κ1) is 14.2. The zero-order chi connectivity index (χ0) is 14.0. The number of benzene rings is 1. The summed E-state index contributed by atoms with van der Waals surface area (Å²) in [6.45, 7) is 5.99. The number of carbonyl (C=O) groups excluding carboxylic acids is 1. The van der Waals surface area contributed by atoms with Crippen LogP contribution in [0.15, 0.2) is 18.2 Å². The topological polar surface area (TPSA) is 40.5 Å². The Morgan fingerprint density at radius 1 is 1.37 bits per heavy atom. The van der Waals surface area contributed by atoms with Gasteiger partial charge in [0.1, 0.15) is 5.75 Å². The Kier molecular flexibility index (Phi) is 4.35. The maximum atomic E-state index is 12.3. The zero-order valence-corrected chi connectivity index (χ0v) is 12.2. The number of likely N-dealkylation sites (tertiary alicyclic amines) is 1. The summed E-state index contributed by atoms with van der Waals surface area (Å²) in [5.41, 5.74) is 0.340. The van der Waals surface area contributed by atoms with Crippen LogP contribution in [0.2, 0.25) is 5.02 Å². The molecule has 1 aliphatic rings. The Bertz CT molecular complexity index is 465. The van der Waals surface area contributed by atoms with Crippen molar-refractivity contribution in [2.75, 3.05) is 13.1 Å². The first-order valence-corrected chi connectivity index (χ1v) is 7.14. The highest BCUT2D eigenvalue weighted by atomic mass is 35.5. The van der Waals surface area contributed by atoms with E-state index in [9.17, 15) is 9.90 Å². The van der Waals surface area contributed by atoms with Gasteiger partial charge in [0.15, 0.2) is 0 Å². The van der Waals surface area contributed by atoms with Gasteiger partial charge in [-0.15, -0.1) is 0 Å². The van der Waals surface area contributed by atoms with E-state index in [4.69, 9.17) is 11.6 Å². The Morgan fingerprint density at radius 2 is 2.00 bits per heavy atom. The maximum absolute atomic E-state index is 12.3. The molecule has 1 N–H and O–H groups in total. The molecule has 1 saturated heterocycles. The molecule has 2 rings (SSSR count). The van der Waals surface area contributed by atoms with Gasteiger partial charge in [-0.05, 0) is 42.9 Å². The maximum Gasteiger partial charge on any atom is 0.257 e. The molecule has 0 spiro atoms. The quantitative estimate of drug-likeness (QED) is 0.900. The van der Waals surface area contributed by atoms with Gasteiger partial charge in [-0.2, -0.15) is 0 Å². The molecule has 0 saturated carbocycles. The van der Waals surface area contributed by atoms with Crippen molar-refractivity contribution in [1.82, 2.24) is 4.90 Å². The average Bonchev–Trinajstić information content (AvgIpc) is 2.38. The molecule has 0 unspecified atom stereocenters. The Balaban J connectivity index is 2.05. The first-order valence-electron chi connectivity index (χ1n) is 6.77. The van der Waals surface area contributed by atoms with Crippen molar-refractivity contribution >= 4 is 17.5 Å². The van der Waals surface area contributed by atoms with Gasteiger partial charge in [-0.1, -0.05) is 25.4 Å². The molecular formula is C15H20ClNO2. The van der Waals surface area contributed by atoms with Gasteiger partial charge >= 0.3 is 0 Å². The molecule has 3 nitrogen and oxygen atoms in total. The highest BCUT2D eigenvalue weighted by molar-refractivity contribution is 6.30. The number of hydrogen-bond donors (Lipinski definition) is 1. The Labute approximate surface area is 119 Å². The molecule has 4 heteroatoms. The second-order valence-electron chi connectivity index (χ2n) is 5.54. The fraction of sp³-hybridized carbons (Fsp3) is 0.533. The summed E-state index contributed by atoms with van der Waals surface area (Å²) in [7, 11) is 0. The Morgan fingerprint density at radius 3 is 2.53 bits per heavy atom. The van der Waals surface area contributed by atoms with Gasteiger partial charge in [0, 0.05) is 18.1 Å². The van der Waals surface area contributed by atoms with Crippen LogP contribution in [-0.4, -0.2) is 29.0 Å². The summed E-state index contributed by atoms with van der Waals surface area (Å²) in [4.78, 5) is 14.2. The fourth-order valence-electron chi connectivity index (χ4n) is 2.63. The molecule has 1 amide bonds. The van der Waals surface area contributed by atoms with E-state index in [1.54, 1.807) is 12.1 Å². The van der Waals surface area contributed by atoms with E-state index >= 15 is 0 Å². The molecular weight excluding hydrogens is 262 g/mol. The van der Waals surface area contributed by atoms with E-state index in [1.807, 2.05) is 4.90 Å². The van der Waals surface area contributed by atoms with Crippen LogP contribution >= 0.6 is 11.6 Å². The molecule has 0 atom stereocenters.